The molecule has 0 amide bonds. The smallest absolute Gasteiger partial charge is 0.164 e. The average Bonchev–Trinajstić information content (AvgIpc) is 2.13. The molecule has 0 saturated carbocycles. The highest BCUT2D eigenvalue weighted by Crippen LogP contribution is 2.35. The van der Waals surface area contributed by atoms with Crippen LogP contribution in [0.3, 0.4) is 0 Å². The molecule has 0 spiro atoms. The molecular formula is C10H15NO2. The molecule has 3 heteroatoms. The number of rotatable bonds is 2. The van der Waals surface area contributed by atoms with Gasteiger partial charge in [-0.2, -0.15) is 0 Å². The fourth-order valence-corrected chi connectivity index (χ4v) is 1.29. The van der Waals surface area contributed by atoms with E-state index in [2.05, 4.69) is 0 Å². The van der Waals surface area contributed by atoms with E-state index in [9.17, 15) is 0 Å². The number of hydrogen-bond acceptors (Lipinski definition) is 3. The standard InChI is InChI=1S/C10H15NO2/c1-6-7(2)10(13-4)9(12-3)5-8(6)11/h5H,11H2,1-4H3. The van der Waals surface area contributed by atoms with Crippen molar-refractivity contribution in [3.05, 3.63) is 17.2 Å². The molecule has 0 aliphatic rings. The molecular weight excluding hydrogens is 166 g/mol. The summed E-state index contributed by atoms with van der Waals surface area (Å²) in [5, 5.41) is 0. The van der Waals surface area contributed by atoms with Crippen molar-refractivity contribution >= 4 is 5.69 Å². The molecule has 0 bridgehead atoms. The Morgan fingerprint density at radius 2 is 1.69 bits per heavy atom. The second-order valence-electron chi connectivity index (χ2n) is 2.95. The van der Waals surface area contributed by atoms with E-state index < -0.39 is 0 Å². The molecule has 0 fully saturated rings. The third-order valence-electron chi connectivity index (χ3n) is 2.27. The van der Waals surface area contributed by atoms with E-state index in [0.717, 1.165) is 22.6 Å². The molecule has 0 heterocycles. The van der Waals surface area contributed by atoms with Gasteiger partial charge in [-0.1, -0.05) is 0 Å². The SMILES string of the molecule is COc1cc(N)c(C)c(C)c1OC. The first-order chi connectivity index (χ1) is 6.11. The number of hydrogen-bond donors (Lipinski definition) is 1. The molecule has 2 N–H and O–H groups in total. The van der Waals surface area contributed by atoms with Crippen LogP contribution in [0, 0.1) is 13.8 Å². The maximum Gasteiger partial charge on any atom is 0.164 e. The van der Waals surface area contributed by atoms with E-state index in [4.69, 9.17) is 15.2 Å². The lowest BCUT2D eigenvalue weighted by Crippen LogP contribution is -1.99. The second-order valence-corrected chi connectivity index (χ2v) is 2.95. The highest BCUT2D eigenvalue weighted by molar-refractivity contribution is 5.62. The van der Waals surface area contributed by atoms with Crippen LogP contribution >= 0.6 is 0 Å². The zero-order valence-corrected chi connectivity index (χ0v) is 8.47. The molecule has 1 aromatic carbocycles. The first-order valence-corrected chi connectivity index (χ1v) is 4.09. The first-order valence-electron chi connectivity index (χ1n) is 4.09. The minimum absolute atomic E-state index is 0.683. The molecule has 0 aromatic heterocycles. The molecule has 72 valence electrons. The van der Waals surface area contributed by atoms with Crippen molar-refractivity contribution < 1.29 is 9.47 Å². The van der Waals surface area contributed by atoms with Crippen molar-refractivity contribution in [2.24, 2.45) is 0 Å². The van der Waals surface area contributed by atoms with Crippen LogP contribution in [-0.2, 0) is 0 Å². The van der Waals surface area contributed by atoms with Crippen molar-refractivity contribution in [2.45, 2.75) is 13.8 Å². The van der Waals surface area contributed by atoms with Gasteiger partial charge in [0.25, 0.3) is 0 Å². The van der Waals surface area contributed by atoms with Gasteiger partial charge in [0.15, 0.2) is 11.5 Å². The van der Waals surface area contributed by atoms with Gasteiger partial charge in [-0.15, -0.1) is 0 Å². The number of anilines is 1. The van der Waals surface area contributed by atoms with E-state index in [1.165, 1.54) is 0 Å². The largest absolute Gasteiger partial charge is 0.493 e. The molecule has 0 atom stereocenters. The Morgan fingerprint density at radius 1 is 1.08 bits per heavy atom. The molecule has 0 aliphatic carbocycles. The van der Waals surface area contributed by atoms with Crippen molar-refractivity contribution in [1.29, 1.82) is 0 Å². The third kappa shape index (κ3) is 1.54. The quantitative estimate of drug-likeness (QED) is 0.709. The summed E-state index contributed by atoms with van der Waals surface area (Å²) in [5.74, 6) is 1.44. The number of benzene rings is 1. The predicted molar refractivity (Wildman–Crippen MR) is 53.4 cm³/mol. The van der Waals surface area contributed by atoms with E-state index in [-0.39, 0.29) is 0 Å². The summed E-state index contributed by atoms with van der Waals surface area (Å²) in [5.41, 5.74) is 8.58. The van der Waals surface area contributed by atoms with Gasteiger partial charge in [0.2, 0.25) is 0 Å². The van der Waals surface area contributed by atoms with Crippen LogP contribution in [0.2, 0.25) is 0 Å². The Hall–Kier alpha value is -1.38. The number of ether oxygens (including phenoxy) is 2. The second kappa shape index (κ2) is 3.56. The monoisotopic (exact) mass is 181 g/mol. The van der Waals surface area contributed by atoms with Crippen LogP contribution in [0.15, 0.2) is 6.07 Å². The normalized spacial score (nSPS) is 9.85. The fourth-order valence-electron chi connectivity index (χ4n) is 1.29. The summed E-state index contributed by atoms with van der Waals surface area (Å²) in [6.45, 7) is 3.93. The van der Waals surface area contributed by atoms with Crippen LogP contribution in [0.5, 0.6) is 11.5 Å². The zero-order chi connectivity index (χ0) is 10.0. The highest BCUT2D eigenvalue weighted by atomic mass is 16.5. The van der Waals surface area contributed by atoms with Crippen molar-refractivity contribution in [2.75, 3.05) is 20.0 Å². The average molecular weight is 181 g/mol. The summed E-state index contributed by atoms with van der Waals surface area (Å²) in [4.78, 5) is 0. The summed E-state index contributed by atoms with van der Waals surface area (Å²) in [6, 6.07) is 1.78. The van der Waals surface area contributed by atoms with E-state index >= 15 is 0 Å². The van der Waals surface area contributed by atoms with Crippen LogP contribution in [-0.4, -0.2) is 14.2 Å². The minimum atomic E-state index is 0.683. The van der Waals surface area contributed by atoms with Crippen molar-refractivity contribution in [3.8, 4) is 11.5 Å². The molecule has 0 aliphatic heterocycles. The van der Waals surface area contributed by atoms with Crippen molar-refractivity contribution in [1.82, 2.24) is 0 Å². The van der Waals surface area contributed by atoms with E-state index in [1.54, 1.807) is 20.3 Å². The lowest BCUT2D eigenvalue weighted by Gasteiger charge is -2.14. The molecule has 3 nitrogen and oxygen atoms in total. The number of nitrogen functional groups attached to an aromatic ring is 1. The Labute approximate surface area is 78.5 Å². The molecule has 0 unspecified atom stereocenters. The predicted octanol–water partition coefficient (Wildman–Crippen LogP) is 1.90. The zero-order valence-electron chi connectivity index (χ0n) is 8.47. The summed E-state index contributed by atoms with van der Waals surface area (Å²) >= 11 is 0. The van der Waals surface area contributed by atoms with Crippen LogP contribution in [0.1, 0.15) is 11.1 Å². The van der Waals surface area contributed by atoms with Gasteiger partial charge in [-0.05, 0) is 25.0 Å². The Kier molecular flexibility index (Phi) is 2.66. The van der Waals surface area contributed by atoms with Gasteiger partial charge in [0.05, 0.1) is 14.2 Å². The topological polar surface area (TPSA) is 44.5 Å². The molecule has 13 heavy (non-hydrogen) atoms. The van der Waals surface area contributed by atoms with Gasteiger partial charge in [0, 0.05) is 11.8 Å². The Balaban J connectivity index is 3.39. The molecule has 0 saturated heterocycles. The first kappa shape index (κ1) is 9.71. The summed E-state index contributed by atoms with van der Waals surface area (Å²) in [6.07, 6.45) is 0. The van der Waals surface area contributed by atoms with Crippen molar-refractivity contribution in [3.63, 3.8) is 0 Å². The highest BCUT2D eigenvalue weighted by Gasteiger charge is 2.11. The van der Waals surface area contributed by atoms with Gasteiger partial charge in [-0.25, -0.2) is 0 Å². The Bertz CT molecular complexity index is 321. The van der Waals surface area contributed by atoms with Crippen LogP contribution in [0.25, 0.3) is 0 Å². The molecule has 0 radical (unpaired) electrons. The maximum absolute atomic E-state index is 5.79. The number of nitrogens with two attached hydrogens (primary N) is 1. The van der Waals surface area contributed by atoms with Gasteiger partial charge in [0.1, 0.15) is 0 Å². The van der Waals surface area contributed by atoms with Crippen LogP contribution in [0.4, 0.5) is 5.69 Å². The molecule has 1 rings (SSSR count). The summed E-state index contributed by atoms with van der Waals surface area (Å²) in [7, 11) is 3.23. The fraction of sp³-hybridized carbons (Fsp3) is 0.400. The van der Waals surface area contributed by atoms with Gasteiger partial charge < -0.3 is 15.2 Å². The van der Waals surface area contributed by atoms with Gasteiger partial charge >= 0.3 is 0 Å². The van der Waals surface area contributed by atoms with Gasteiger partial charge in [-0.3, -0.25) is 0 Å². The Morgan fingerprint density at radius 3 is 2.15 bits per heavy atom. The minimum Gasteiger partial charge on any atom is -0.493 e. The summed E-state index contributed by atoms with van der Waals surface area (Å²) < 4.78 is 10.4. The van der Waals surface area contributed by atoms with E-state index in [0.29, 0.717) is 5.75 Å². The lowest BCUT2D eigenvalue weighted by molar-refractivity contribution is 0.353. The lowest BCUT2D eigenvalue weighted by atomic mass is 10.1. The molecule has 1 aromatic rings. The maximum atomic E-state index is 5.79. The van der Waals surface area contributed by atoms with Crippen LogP contribution < -0.4 is 15.2 Å². The van der Waals surface area contributed by atoms with E-state index in [1.807, 2.05) is 13.8 Å². The number of methoxy groups -OCH3 is 2. The third-order valence-corrected chi connectivity index (χ3v) is 2.27.